The van der Waals surface area contributed by atoms with Crippen molar-refractivity contribution in [1.29, 1.82) is 0 Å². The van der Waals surface area contributed by atoms with Gasteiger partial charge in [-0.15, -0.1) is 0 Å². The van der Waals surface area contributed by atoms with Crippen molar-refractivity contribution in [2.45, 2.75) is 30.7 Å². The zero-order valence-electron chi connectivity index (χ0n) is 15.7. The maximum absolute atomic E-state index is 13.1. The van der Waals surface area contributed by atoms with Crippen LogP contribution in [0, 0.1) is 5.82 Å². The number of aryl methyl sites for hydroxylation is 1. The first-order valence-corrected chi connectivity index (χ1v) is 10.3. The largest absolute Gasteiger partial charge is 0.345 e. The normalized spacial score (nSPS) is 16.4. The number of aromatic nitrogens is 1. The zero-order chi connectivity index (χ0) is 19.8. The lowest BCUT2D eigenvalue weighted by Gasteiger charge is -2.25. The summed E-state index contributed by atoms with van der Waals surface area (Å²) in [5.41, 5.74) is 1.09. The van der Waals surface area contributed by atoms with Crippen molar-refractivity contribution < 1.29 is 17.6 Å². The third-order valence-electron chi connectivity index (χ3n) is 5.16. The summed E-state index contributed by atoms with van der Waals surface area (Å²) in [5, 5.41) is 0. The molecular formula is C19H24FN3O3S. The molecule has 0 bridgehead atoms. The summed E-state index contributed by atoms with van der Waals surface area (Å²) >= 11 is 0. The predicted molar refractivity (Wildman–Crippen MR) is 100 cm³/mol. The molecule has 1 atom stereocenters. The molecule has 2 heterocycles. The molecule has 1 aliphatic heterocycles. The van der Waals surface area contributed by atoms with E-state index in [2.05, 4.69) is 0 Å². The van der Waals surface area contributed by atoms with Crippen molar-refractivity contribution in [3.63, 3.8) is 0 Å². The molecule has 1 fully saturated rings. The van der Waals surface area contributed by atoms with Crippen LogP contribution in [-0.4, -0.2) is 48.2 Å². The number of amides is 1. The average Bonchev–Trinajstić information content (AvgIpc) is 3.31. The molecule has 146 valence electrons. The van der Waals surface area contributed by atoms with Gasteiger partial charge >= 0.3 is 0 Å². The van der Waals surface area contributed by atoms with Gasteiger partial charge in [0.25, 0.3) is 5.91 Å². The van der Waals surface area contributed by atoms with Gasteiger partial charge in [0.2, 0.25) is 10.0 Å². The van der Waals surface area contributed by atoms with Crippen LogP contribution in [0.1, 0.15) is 41.9 Å². The Labute approximate surface area is 159 Å². The lowest BCUT2D eigenvalue weighted by atomic mass is 10.1. The fraction of sp³-hybridized carbons (Fsp3) is 0.421. The topological polar surface area (TPSA) is 62.6 Å². The van der Waals surface area contributed by atoms with E-state index in [0.29, 0.717) is 18.8 Å². The maximum Gasteiger partial charge on any atom is 0.270 e. The number of benzene rings is 1. The van der Waals surface area contributed by atoms with Gasteiger partial charge in [0.15, 0.2) is 0 Å². The van der Waals surface area contributed by atoms with Crippen molar-refractivity contribution in [2.24, 2.45) is 7.05 Å². The fourth-order valence-corrected chi connectivity index (χ4v) is 4.88. The Morgan fingerprint density at radius 2 is 1.78 bits per heavy atom. The third-order valence-corrected chi connectivity index (χ3v) is 7.02. The van der Waals surface area contributed by atoms with E-state index in [9.17, 15) is 17.6 Å². The number of sulfonamides is 1. The van der Waals surface area contributed by atoms with Gasteiger partial charge in [0.1, 0.15) is 16.4 Å². The van der Waals surface area contributed by atoms with E-state index in [1.54, 1.807) is 30.8 Å². The molecule has 1 amide bonds. The molecule has 1 aliphatic rings. The molecule has 1 aromatic heterocycles. The Hall–Kier alpha value is -2.19. The summed E-state index contributed by atoms with van der Waals surface area (Å²) in [6.45, 7) is 2.87. The predicted octanol–water partition coefficient (Wildman–Crippen LogP) is 2.78. The highest BCUT2D eigenvalue weighted by molar-refractivity contribution is 7.89. The van der Waals surface area contributed by atoms with Crippen LogP contribution in [0.4, 0.5) is 4.39 Å². The quantitative estimate of drug-likeness (QED) is 0.785. The lowest BCUT2D eigenvalue weighted by Crippen LogP contribution is -2.31. The van der Waals surface area contributed by atoms with Crippen LogP contribution in [0.5, 0.6) is 0 Å². The molecule has 0 N–H and O–H groups in total. The minimum atomic E-state index is -3.58. The van der Waals surface area contributed by atoms with Crippen LogP contribution >= 0.6 is 0 Å². The van der Waals surface area contributed by atoms with Crippen LogP contribution in [0.2, 0.25) is 0 Å². The highest BCUT2D eigenvalue weighted by atomic mass is 32.2. The lowest BCUT2D eigenvalue weighted by molar-refractivity contribution is 0.0733. The second kappa shape index (κ2) is 7.44. The molecule has 8 heteroatoms. The average molecular weight is 393 g/mol. The van der Waals surface area contributed by atoms with Crippen LogP contribution < -0.4 is 0 Å². The Bertz CT molecular complexity index is 932. The number of nitrogens with zero attached hydrogens (tertiary/aromatic N) is 3. The monoisotopic (exact) mass is 393 g/mol. The molecule has 1 saturated heterocycles. The van der Waals surface area contributed by atoms with Gasteiger partial charge < -0.3 is 9.47 Å². The third kappa shape index (κ3) is 3.77. The molecule has 0 radical (unpaired) electrons. The molecular weight excluding hydrogens is 369 g/mol. The smallest absolute Gasteiger partial charge is 0.270 e. The minimum absolute atomic E-state index is 0.137. The van der Waals surface area contributed by atoms with Crippen LogP contribution in [-0.2, 0) is 17.1 Å². The van der Waals surface area contributed by atoms with Gasteiger partial charge in [0.05, 0.1) is 6.04 Å². The van der Waals surface area contributed by atoms with E-state index in [1.807, 2.05) is 6.92 Å². The van der Waals surface area contributed by atoms with Crippen LogP contribution in [0.3, 0.4) is 0 Å². The van der Waals surface area contributed by atoms with Crippen molar-refractivity contribution in [1.82, 2.24) is 13.8 Å². The van der Waals surface area contributed by atoms with Gasteiger partial charge in [-0.2, -0.15) is 4.31 Å². The highest BCUT2D eigenvalue weighted by Crippen LogP contribution is 2.25. The summed E-state index contributed by atoms with van der Waals surface area (Å²) in [6, 6.07) is 7.13. The molecule has 3 rings (SSSR count). The summed E-state index contributed by atoms with van der Waals surface area (Å²) in [6.07, 6.45) is 3.20. The molecule has 1 unspecified atom stereocenters. The van der Waals surface area contributed by atoms with Gasteiger partial charge in [-0.05, 0) is 43.5 Å². The van der Waals surface area contributed by atoms with Gasteiger partial charge in [-0.25, -0.2) is 12.8 Å². The van der Waals surface area contributed by atoms with Crippen molar-refractivity contribution in [3.05, 3.63) is 53.6 Å². The second-order valence-corrected chi connectivity index (χ2v) is 8.86. The van der Waals surface area contributed by atoms with Crippen LogP contribution in [0.15, 0.2) is 41.4 Å². The maximum atomic E-state index is 13.1. The molecule has 1 aromatic carbocycles. The number of carbonyl (C=O) groups is 1. The van der Waals surface area contributed by atoms with E-state index in [4.69, 9.17) is 0 Å². The first-order valence-electron chi connectivity index (χ1n) is 8.91. The van der Waals surface area contributed by atoms with Crippen molar-refractivity contribution in [3.8, 4) is 0 Å². The number of hydrogen-bond acceptors (Lipinski definition) is 3. The highest BCUT2D eigenvalue weighted by Gasteiger charge is 2.30. The van der Waals surface area contributed by atoms with E-state index in [-0.39, 0.29) is 22.7 Å². The number of rotatable bonds is 5. The molecule has 2 aromatic rings. The fourth-order valence-electron chi connectivity index (χ4n) is 3.29. The number of halogens is 1. The summed E-state index contributed by atoms with van der Waals surface area (Å²) < 4.78 is 41.6. The van der Waals surface area contributed by atoms with Gasteiger partial charge in [-0.1, -0.05) is 12.1 Å². The van der Waals surface area contributed by atoms with Crippen molar-refractivity contribution >= 4 is 15.9 Å². The first-order chi connectivity index (χ1) is 12.7. The summed E-state index contributed by atoms with van der Waals surface area (Å²) in [4.78, 5) is 14.6. The van der Waals surface area contributed by atoms with E-state index in [1.165, 1.54) is 33.6 Å². The molecule has 6 nitrogen and oxygen atoms in total. The first kappa shape index (κ1) is 19.6. The van der Waals surface area contributed by atoms with E-state index in [0.717, 1.165) is 18.4 Å². The summed E-state index contributed by atoms with van der Waals surface area (Å²) in [5.74, 6) is -0.628. The standard InChI is InChI=1S/C19H24FN3O3S/c1-14(15-6-8-16(20)9-7-15)22(3)19(24)18-12-17(13-21(18)2)27(25,26)23-10-4-5-11-23/h6-9,12-14H,4-5,10-11H2,1-3H3. The second-order valence-electron chi connectivity index (χ2n) is 6.93. The minimum Gasteiger partial charge on any atom is -0.345 e. The van der Waals surface area contributed by atoms with E-state index < -0.39 is 10.0 Å². The van der Waals surface area contributed by atoms with E-state index >= 15 is 0 Å². The Morgan fingerprint density at radius 1 is 1.19 bits per heavy atom. The van der Waals surface area contributed by atoms with Crippen molar-refractivity contribution in [2.75, 3.05) is 20.1 Å². The molecule has 0 saturated carbocycles. The molecule has 27 heavy (non-hydrogen) atoms. The number of hydrogen-bond donors (Lipinski definition) is 0. The molecule has 0 aliphatic carbocycles. The zero-order valence-corrected chi connectivity index (χ0v) is 16.5. The molecule has 0 spiro atoms. The number of carbonyl (C=O) groups excluding carboxylic acids is 1. The van der Waals surface area contributed by atoms with Gasteiger partial charge in [0, 0.05) is 33.4 Å². The Kier molecular flexibility index (Phi) is 5.39. The SMILES string of the molecule is CC(c1ccc(F)cc1)N(C)C(=O)c1cc(S(=O)(=O)N2CCCC2)cn1C. The summed E-state index contributed by atoms with van der Waals surface area (Å²) in [7, 11) is -0.267. The Morgan fingerprint density at radius 3 is 2.37 bits per heavy atom. The van der Waals surface area contributed by atoms with Gasteiger partial charge in [-0.3, -0.25) is 4.79 Å². The Balaban J connectivity index is 1.84. The van der Waals surface area contributed by atoms with Crippen LogP contribution in [0.25, 0.3) is 0 Å².